The molecule has 1 aromatic carbocycles. The Morgan fingerprint density at radius 1 is 1.28 bits per heavy atom. The van der Waals surface area contributed by atoms with Crippen LogP contribution in [0.15, 0.2) is 36.5 Å². The molecule has 1 N–H and O–H groups in total. The summed E-state index contributed by atoms with van der Waals surface area (Å²) in [5.74, 6) is 7.34. The maximum absolute atomic E-state index is 5.10. The number of likely N-dealkylation sites (N-methyl/N-ethyl adjacent to an activating group) is 1. The van der Waals surface area contributed by atoms with E-state index in [9.17, 15) is 0 Å². The number of aromatic nitrogens is 2. The van der Waals surface area contributed by atoms with Crippen LogP contribution in [0.2, 0.25) is 0 Å². The third-order valence-corrected chi connectivity index (χ3v) is 4.80. The highest BCUT2D eigenvalue weighted by atomic mass is 16.5. The Bertz CT molecular complexity index is 976. The molecule has 3 heterocycles. The maximum Gasteiger partial charge on any atom is 0.212 e. The highest BCUT2D eigenvalue weighted by molar-refractivity contribution is 5.86. The summed E-state index contributed by atoms with van der Waals surface area (Å²) in [7, 11) is 3.76. The van der Waals surface area contributed by atoms with E-state index in [1.165, 1.54) is 27.7 Å². The fourth-order valence-corrected chi connectivity index (χ4v) is 3.44. The third-order valence-electron chi connectivity index (χ3n) is 4.80. The van der Waals surface area contributed by atoms with Crippen molar-refractivity contribution in [2.45, 2.75) is 19.4 Å². The lowest BCUT2D eigenvalue weighted by Crippen LogP contribution is -2.31. The molecule has 4 heteroatoms. The molecule has 1 atom stereocenters. The third kappa shape index (κ3) is 2.88. The lowest BCUT2D eigenvalue weighted by atomic mass is 9.95. The van der Waals surface area contributed by atoms with Gasteiger partial charge in [0.1, 0.15) is 0 Å². The van der Waals surface area contributed by atoms with Gasteiger partial charge in [0.15, 0.2) is 0 Å². The second-order valence-corrected chi connectivity index (χ2v) is 6.56. The quantitative estimate of drug-likeness (QED) is 0.694. The van der Waals surface area contributed by atoms with Gasteiger partial charge in [-0.05, 0) is 32.2 Å². The minimum absolute atomic E-state index is 0.0846. The average molecular weight is 331 g/mol. The summed E-state index contributed by atoms with van der Waals surface area (Å²) in [6.07, 6.45) is 2.79. The van der Waals surface area contributed by atoms with E-state index < -0.39 is 0 Å². The molecule has 4 rings (SSSR count). The molecule has 25 heavy (non-hydrogen) atoms. The van der Waals surface area contributed by atoms with Crippen molar-refractivity contribution in [3.8, 4) is 17.7 Å². The number of rotatable bonds is 1. The van der Waals surface area contributed by atoms with Gasteiger partial charge in [0.05, 0.1) is 13.2 Å². The zero-order valence-corrected chi connectivity index (χ0v) is 14.8. The van der Waals surface area contributed by atoms with E-state index in [4.69, 9.17) is 4.74 Å². The summed E-state index contributed by atoms with van der Waals surface area (Å²) >= 11 is 0. The zero-order valence-electron chi connectivity index (χ0n) is 14.8. The highest BCUT2D eigenvalue weighted by Gasteiger charge is 2.27. The van der Waals surface area contributed by atoms with Gasteiger partial charge in [-0.1, -0.05) is 23.5 Å². The van der Waals surface area contributed by atoms with Gasteiger partial charge >= 0.3 is 0 Å². The molecule has 1 aliphatic heterocycles. The number of ether oxygens (including phenoxy) is 1. The Morgan fingerprint density at radius 3 is 2.92 bits per heavy atom. The standard InChI is InChI=1S/C21H21N3O/c1-14-4-7-17-16(12-14)21-18(23-17)10-11-24(2)19(21)8-5-15-6-9-20(25-3)22-13-15/h4,6-7,9,12-13,19,23H,10-11H2,1-3H3. The monoisotopic (exact) mass is 331 g/mol. The molecular formula is C21H21N3O. The molecule has 126 valence electrons. The summed E-state index contributed by atoms with van der Waals surface area (Å²) in [6, 6.07) is 10.4. The molecule has 0 radical (unpaired) electrons. The van der Waals surface area contributed by atoms with Gasteiger partial charge in [0, 0.05) is 53.0 Å². The van der Waals surface area contributed by atoms with Gasteiger partial charge in [0.25, 0.3) is 0 Å². The van der Waals surface area contributed by atoms with E-state index in [2.05, 4.69) is 58.9 Å². The predicted molar refractivity (Wildman–Crippen MR) is 99.8 cm³/mol. The van der Waals surface area contributed by atoms with E-state index >= 15 is 0 Å². The molecule has 2 aromatic heterocycles. The first-order valence-corrected chi connectivity index (χ1v) is 8.48. The normalized spacial score (nSPS) is 17.0. The first-order valence-electron chi connectivity index (χ1n) is 8.48. The minimum atomic E-state index is 0.0846. The molecule has 0 spiro atoms. The number of H-pyrrole nitrogens is 1. The van der Waals surface area contributed by atoms with Crippen molar-refractivity contribution in [2.75, 3.05) is 20.7 Å². The van der Waals surface area contributed by atoms with Crippen molar-refractivity contribution in [2.24, 2.45) is 0 Å². The molecular weight excluding hydrogens is 310 g/mol. The second kappa shape index (κ2) is 6.27. The molecule has 1 unspecified atom stereocenters. The van der Waals surface area contributed by atoms with E-state index in [0.29, 0.717) is 5.88 Å². The van der Waals surface area contributed by atoms with Crippen LogP contribution in [0.25, 0.3) is 10.9 Å². The number of nitrogens with one attached hydrogen (secondary N) is 1. The number of aromatic amines is 1. The van der Waals surface area contributed by atoms with Crippen LogP contribution in [0.4, 0.5) is 0 Å². The van der Waals surface area contributed by atoms with Crippen LogP contribution < -0.4 is 4.74 Å². The van der Waals surface area contributed by atoms with Crippen LogP contribution in [-0.4, -0.2) is 35.6 Å². The average Bonchev–Trinajstić information content (AvgIpc) is 2.99. The van der Waals surface area contributed by atoms with Crippen molar-refractivity contribution < 1.29 is 4.74 Å². The number of aryl methyl sites for hydroxylation is 1. The molecule has 3 aromatic rings. The van der Waals surface area contributed by atoms with Gasteiger partial charge in [-0.15, -0.1) is 0 Å². The lowest BCUT2D eigenvalue weighted by Gasteiger charge is -2.29. The summed E-state index contributed by atoms with van der Waals surface area (Å²) in [5, 5.41) is 1.29. The number of nitrogens with zero attached hydrogens (tertiary/aromatic N) is 2. The van der Waals surface area contributed by atoms with Crippen LogP contribution in [-0.2, 0) is 6.42 Å². The first kappa shape index (κ1) is 15.7. The van der Waals surface area contributed by atoms with Crippen LogP contribution in [0.5, 0.6) is 5.88 Å². The number of fused-ring (bicyclic) bond motifs is 3. The first-order chi connectivity index (χ1) is 12.2. The van der Waals surface area contributed by atoms with E-state index in [0.717, 1.165) is 18.5 Å². The number of hydrogen-bond acceptors (Lipinski definition) is 3. The van der Waals surface area contributed by atoms with Crippen LogP contribution in [0.1, 0.15) is 28.4 Å². The summed E-state index contributed by atoms with van der Waals surface area (Å²) in [5.41, 5.74) is 6.00. The van der Waals surface area contributed by atoms with Gasteiger partial charge in [-0.2, -0.15) is 0 Å². The zero-order chi connectivity index (χ0) is 17.4. The smallest absolute Gasteiger partial charge is 0.212 e. The Morgan fingerprint density at radius 2 is 2.16 bits per heavy atom. The van der Waals surface area contributed by atoms with E-state index in [-0.39, 0.29) is 6.04 Å². The number of hydrogen-bond donors (Lipinski definition) is 1. The Hall–Kier alpha value is -2.77. The van der Waals surface area contributed by atoms with Crippen molar-refractivity contribution in [3.05, 3.63) is 58.9 Å². The molecule has 0 saturated heterocycles. The molecule has 0 saturated carbocycles. The Balaban J connectivity index is 1.77. The molecule has 0 aliphatic carbocycles. The summed E-state index contributed by atoms with van der Waals surface area (Å²) in [6.45, 7) is 3.13. The largest absolute Gasteiger partial charge is 0.481 e. The molecule has 0 amide bonds. The molecule has 0 bridgehead atoms. The van der Waals surface area contributed by atoms with Crippen molar-refractivity contribution in [1.82, 2.24) is 14.9 Å². The Kier molecular flexibility index (Phi) is 3.95. The van der Waals surface area contributed by atoms with Gasteiger partial charge < -0.3 is 9.72 Å². The lowest BCUT2D eigenvalue weighted by molar-refractivity contribution is 0.280. The van der Waals surface area contributed by atoms with Crippen molar-refractivity contribution >= 4 is 10.9 Å². The van der Waals surface area contributed by atoms with Crippen molar-refractivity contribution in [1.29, 1.82) is 0 Å². The Labute approximate surface area is 147 Å². The van der Waals surface area contributed by atoms with Crippen LogP contribution in [0, 0.1) is 18.8 Å². The maximum atomic E-state index is 5.10. The number of pyridine rings is 1. The number of benzene rings is 1. The minimum Gasteiger partial charge on any atom is -0.481 e. The van der Waals surface area contributed by atoms with Crippen LogP contribution >= 0.6 is 0 Å². The SMILES string of the molecule is COc1ccc(C#CC2c3c([nH]c4ccc(C)cc34)CCN2C)cn1. The fraction of sp³-hybridized carbons (Fsp3) is 0.286. The van der Waals surface area contributed by atoms with Gasteiger partial charge in [-0.25, -0.2) is 4.98 Å². The summed E-state index contributed by atoms with van der Waals surface area (Å²) < 4.78 is 5.10. The van der Waals surface area contributed by atoms with Gasteiger partial charge in [-0.3, -0.25) is 4.90 Å². The predicted octanol–water partition coefficient (Wildman–Crippen LogP) is 3.46. The topological polar surface area (TPSA) is 41.1 Å². The van der Waals surface area contributed by atoms with Crippen molar-refractivity contribution in [3.63, 3.8) is 0 Å². The fourth-order valence-electron chi connectivity index (χ4n) is 3.44. The molecule has 4 nitrogen and oxygen atoms in total. The van der Waals surface area contributed by atoms with Crippen LogP contribution in [0.3, 0.4) is 0 Å². The molecule has 1 aliphatic rings. The van der Waals surface area contributed by atoms with E-state index in [1.807, 2.05) is 12.1 Å². The second-order valence-electron chi connectivity index (χ2n) is 6.56. The summed E-state index contributed by atoms with van der Waals surface area (Å²) in [4.78, 5) is 10.1. The highest BCUT2D eigenvalue weighted by Crippen LogP contribution is 2.35. The molecule has 0 fully saturated rings. The van der Waals surface area contributed by atoms with E-state index in [1.54, 1.807) is 13.3 Å². The van der Waals surface area contributed by atoms with Gasteiger partial charge in [0.2, 0.25) is 5.88 Å². The number of methoxy groups -OCH3 is 1.